The monoisotopic (exact) mass is 382 g/mol. The number of hydrogen-bond donors (Lipinski definition) is 1. The van der Waals surface area contributed by atoms with Crippen molar-refractivity contribution in [2.75, 3.05) is 0 Å². The fourth-order valence-corrected chi connectivity index (χ4v) is 3.14. The zero-order chi connectivity index (χ0) is 21.4. The van der Waals surface area contributed by atoms with Crippen molar-refractivity contribution in [2.24, 2.45) is 4.99 Å². The molecule has 0 unspecified atom stereocenters. The van der Waals surface area contributed by atoms with Crippen LogP contribution in [-0.2, 0) is 10.8 Å². The fraction of sp³-hybridized carbons (Fsp3) is 0.435. The van der Waals surface area contributed by atoms with Gasteiger partial charge in [0.2, 0.25) is 0 Å². The lowest BCUT2D eigenvalue weighted by atomic mass is 9.79. The molecule has 0 spiro atoms. The molecule has 0 aliphatic heterocycles. The van der Waals surface area contributed by atoms with E-state index in [4.69, 9.17) is 0 Å². The summed E-state index contributed by atoms with van der Waals surface area (Å²) in [7, 11) is 0. The molecule has 5 nitrogen and oxygen atoms in total. The van der Waals surface area contributed by atoms with E-state index in [1.54, 1.807) is 20.1 Å². The van der Waals surface area contributed by atoms with Crippen molar-refractivity contribution >= 4 is 17.6 Å². The Labute approximate surface area is 167 Å². The van der Waals surface area contributed by atoms with E-state index >= 15 is 0 Å². The summed E-state index contributed by atoms with van der Waals surface area (Å²) in [5.74, 6) is 0.224. The van der Waals surface area contributed by atoms with E-state index in [-0.39, 0.29) is 22.3 Å². The largest absolute Gasteiger partial charge is 0.507 e. The van der Waals surface area contributed by atoms with Crippen LogP contribution < -0.4 is 0 Å². The number of aryl methyl sites for hydroxylation is 2. The van der Waals surface area contributed by atoms with Crippen LogP contribution in [0.25, 0.3) is 0 Å². The molecular formula is C23H30N2O3. The zero-order valence-electron chi connectivity index (χ0n) is 18.0. The number of nitro groups is 1. The van der Waals surface area contributed by atoms with E-state index in [9.17, 15) is 15.2 Å². The molecule has 28 heavy (non-hydrogen) atoms. The number of aromatic hydroxyl groups is 1. The molecule has 0 saturated carbocycles. The van der Waals surface area contributed by atoms with Crippen LogP contribution in [0.5, 0.6) is 5.75 Å². The second-order valence-electron chi connectivity index (χ2n) is 9.41. The van der Waals surface area contributed by atoms with Crippen molar-refractivity contribution in [2.45, 2.75) is 66.2 Å². The normalized spacial score (nSPS) is 12.6. The Balaban J connectivity index is 2.62. The van der Waals surface area contributed by atoms with Gasteiger partial charge in [-0.05, 0) is 47.4 Å². The number of rotatable bonds is 3. The van der Waals surface area contributed by atoms with E-state index < -0.39 is 4.92 Å². The fourth-order valence-electron chi connectivity index (χ4n) is 3.14. The summed E-state index contributed by atoms with van der Waals surface area (Å²) in [4.78, 5) is 15.2. The highest BCUT2D eigenvalue weighted by molar-refractivity contribution is 5.87. The summed E-state index contributed by atoms with van der Waals surface area (Å²) in [5, 5.41) is 21.9. The topological polar surface area (TPSA) is 75.7 Å². The molecule has 2 rings (SSSR count). The van der Waals surface area contributed by atoms with Crippen molar-refractivity contribution in [1.82, 2.24) is 0 Å². The molecular weight excluding hydrogens is 352 g/mol. The number of phenols is 1. The molecule has 5 heteroatoms. The molecule has 0 amide bonds. The molecule has 0 bridgehead atoms. The third-order valence-electron chi connectivity index (χ3n) is 4.83. The lowest BCUT2D eigenvalue weighted by molar-refractivity contribution is -0.384. The van der Waals surface area contributed by atoms with Gasteiger partial charge in [-0.3, -0.25) is 15.1 Å². The molecule has 0 atom stereocenters. The predicted molar refractivity (Wildman–Crippen MR) is 115 cm³/mol. The Morgan fingerprint density at radius 2 is 1.50 bits per heavy atom. The molecule has 0 fully saturated rings. The van der Waals surface area contributed by atoms with Crippen LogP contribution in [0.3, 0.4) is 0 Å². The molecule has 1 N–H and O–H groups in total. The van der Waals surface area contributed by atoms with Crippen LogP contribution in [-0.4, -0.2) is 16.2 Å². The maximum Gasteiger partial charge on any atom is 0.270 e. The van der Waals surface area contributed by atoms with E-state index in [2.05, 4.69) is 52.6 Å². The van der Waals surface area contributed by atoms with Crippen molar-refractivity contribution < 1.29 is 10.0 Å². The molecule has 0 aliphatic carbocycles. The van der Waals surface area contributed by atoms with E-state index in [1.165, 1.54) is 12.1 Å². The van der Waals surface area contributed by atoms with Gasteiger partial charge in [-0.2, -0.15) is 0 Å². The highest BCUT2D eigenvalue weighted by Crippen LogP contribution is 2.37. The average molecular weight is 383 g/mol. The maximum atomic E-state index is 11.0. The summed E-state index contributed by atoms with van der Waals surface area (Å²) >= 11 is 0. The van der Waals surface area contributed by atoms with Crippen molar-refractivity contribution in [3.05, 3.63) is 62.2 Å². The van der Waals surface area contributed by atoms with Crippen LogP contribution in [0, 0.1) is 24.0 Å². The van der Waals surface area contributed by atoms with E-state index in [0.717, 1.165) is 22.3 Å². The highest BCUT2D eigenvalue weighted by Gasteiger charge is 2.24. The summed E-state index contributed by atoms with van der Waals surface area (Å²) in [6.07, 6.45) is 1.65. The van der Waals surface area contributed by atoms with Gasteiger partial charge in [0.1, 0.15) is 5.75 Å². The first kappa shape index (κ1) is 21.6. The molecule has 0 heterocycles. The SMILES string of the molecule is Cc1cc([N+](=O)[O-])cc(C)c1N=Cc1cc(C(C)(C)C)cc(C(C)(C)C)c1O. The molecule has 0 aliphatic rings. The predicted octanol–water partition coefficient (Wildman–Crippen LogP) is 6.26. The van der Waals surface area contributed by atoms with Crippen LogP contribution in [0.2, 0.25) is 0 Å². The lowest BCUT2D eigenvalue weighted by Gasteiger charge is -2.27. The van der Waals surface area contributed by atoms with Crippen molar-refractivity contribution in [1.29, 1.82) is 0 Å². The minimum atomic E-state index is -0.401. The smallest absolute Gasteiger partial charge is 0.270 e. The van der Waals surface area contributed by atoms with Gasteiger partial charge in [0.15, 0.2) is 0 Å². The minimum absolute atomic E-state index is 0.0570. The maximum absolute atomic E-state index is 11.0. The first-order chi connectivity index (χ1) is 12.7. The first-order valence-corrected chi connectivity index (χ1v) is 9.39. The van der Waals surface area contributed by atoms with Gasteiger partial charge < -0.3 is 5.11 Å². The Hall–Kier alpha value is -2.69. The van der Waals surface area contributed by atoms with Gasteiger partial charge in [-0.1, -0.05) is 47.6 Å². The molecule has 150 valence electrons. The molecule has 2 aromatic carbocycles. The third kappa shape index (κ3) is 4.58. The zero-order valence-corrected chi connectivity index (χ0v) is 18.0. The molecule has 0 aromatic heterocycles. The highest BCUT2D eigenvalue weighted by atomic mass is 16.6. The lowest BCUT2D eigenvalue weighted by Crippen LogP contribution is -2.17. The number of nitrogens with zero attached hydrogens (tertiary/aromatic N) is 2. The number of phenolic OH excluding ortho intramolecular Hbond substituents is 1. The second kappa shape index (κ2) is 7.38. The Morgan fingerprint density at radius 3 is 1.93 bits per heavy atom. The van der Waals surface area contributed by atoms with Gasteiger partial charge in [0.05, 0.1) is 10.6 Å². The Bertz CT molecular complexity index is 923. The third-order valence-corrected chi connectivity index (χ3v) is 4.83. The van der Waals surface area contributed by atoms with Gasteiger partial charge in [0, 0.05) is 29.5 Å². The average Bonchev–Trinajstić information content (AvgIpc) is 2.52. The van der Waals surface area contributed by atoms with Crippen LogP contribution in [0.4, 0.5) is 11.4 Å². The molecule has 2 aromatic rings. The number of nitro benzene ring substituents is 1. The van der Waals surface area contributed by atoms with Gasteiger partial charge >= 0.3 is 0 Å². The summed E-state index contributed by atoms with van der Waals surface area (Å²) < 4.78 is 0. The van der Waals surface area contributed by atoms with Gasteiger partial charge in [0.25, 0.3) is 5.69 Å². The standard InChI is InChI=1S/C23H30N2O3/c1-14-9-18(25(27)28)10-15(2)20(14)24-13-16-11-17(22(3,4)5)12-19(21(16)26)23(6,7)8/h9-13,26H,1-8H3. The summed E-state index contributed by atoms with van der Waals surface area (Å²) in [6.45, 7) is 16.2. The van der Waals surface area contributed by atoms with Crippen LogP contribution in [0.15, 0.2) is 29.3 Å². The summed E-state index contributed by atoms with van der Waals surface area (Å²) in [5.41, 5.74) is 4.55. The summed E-state index contributed by atoms with van der Waals surface area (Å²) in [6, 6.07) is 7.07. The minimum Gasteiger partial charge on any atom is -0.507 e. The number of non-ortho nitro benzene ring substituents is 1. The number of hydrogen-bond acceptors (Lipinski definition) is 4. The molecule has 0 saturated heterocycles. The van der Waals surface area contributed by atoms with Crippen LogP contribution >= 0.6 is 0 Å². The first-order valence-electron chi connectivity index (χ1n) is 9.39. The van der Waals surface area contributed by atoms with Gasteiger partial charge in [-0.15, -0.1) is 0 Å². The van der Waals surface area contributed by atoms with Gasteiger partial charge in [-0.25, -0.2) is 0 Å². The van der Waals surface area contributed by atoms with E-state index in [0.29, 0.717) is 11.3 Å². The second-order valence-corrected chi connectivity index (χ2v) is 9.41. The number of benzene rings is 2. The number of aliphatic imine (C=N–C) groups is 1. The van der Waals surface area contributed by atoms with E-state index in [1.807, 2.05) is 6.07 Å². The van der Waals surface area contributed by atoms with Crippen molar-refractivity contribution in [3.8, 4) is 5.75 Å². The Morgan fingerprint density at radius 1 is 0.964 bits per heavy atom. The Kier molecular flexibility index (Phi) is 5.69. The van der Waals surface area contributed by atoms with Crippen LogP contribution in [0.1, 0.15) is 69.4 Å². The molecule has 0 radical (unpaired) electrons. The van der Waals surface area contributed by atoms with Crippen molar-refractivity contribution in [3.63, 3.8) is 0 Å². The quantitative estimate of drug-likeness (QED) is 0.386.